The van der Waals surface area contributed by atoms with Gasteiger partial charge >= 0.3 is 0 Å². The van der Waals surface area contributed by atoms with E-state index in [4.69, 9.17) is 10.5 Å². The molecule has 1 fully saturated rings. The second kappa shape index (κ2) is 5.75. The minimum Gasteiger partial charge on any atom is -0.382 e. The molecule has 2 heterocycles. The lowest BCUT2D eigenvalue weighted by atomic mass is 10.1. The Kier molecular flexibility index (Phi) is 4.26. The molecule has 106 valence electrons. The third-order valence-corrected chi connectivity index (χ3v) is 3.97. The summed E-state index contributed by atoms with van der Waals surface area (Å²) in [5.41, 5.74) is 5.79. The molecule has 4 N–H and O–H groups in total. The van der Waals surface area contributed by atoms with Crippen molar-refractivity contribution in [3.05, 3.63) is 4.88 Å². The number of nitrogens with one attached hydrogen (secondary N) is 2. The Balaban J connectivity index is 2.04. The van der Waals surface area contributed by atoms with Crippen molar-refractivity contribution in [3.63, 3.8) is 0 Å². The number of anilines is 2. The summed E-state index contributed by atoms with van der Waals surface area (Å²) in [5.74, 6) is 0.103. The van der Waals surface area contributed by atoms with Crippen molar-refractivity contribution in [1.29, 1.82) is 0 Å². The first-order valence-corrected chi connectivity index (χ1v) is 7.24. The molecule has 1 aliphatic heterocycles. The zero-order chi connectivity index (χ0) is 14.0. The van der Waals surface area contributed by atoms with Crippen molar-refractivity contribution in [2.75, 3.05) is 17.7 Å². The van der Waals surface area contributed by atoms with E-state index in [1.807, 2.05) is 20.8 Å². The molecule has 7 heteroatoms. The van der Waals surface area contributed by atoms with Crippen LogP contribution in [0.25, 0.3) is 0 Å². The van der Waals surface area contributed by atoms with Crippen LogP contribution in [0.15, 0.2) is 0 Å². The number of hydrogen-bond donors (Lipinski definition) is 3. The predicted octanol–water partition coefficient (Wildman–Crippen LogP) is 1.45. The Bertz CT molecular complexity index is 461. The van der Waals surface area contributed by atoms with Gasteiger partial charge in [0.2, 0.25) is 0 Å². The van der Waals surface area contributed by atoms with Gasteiger partial charge in [0, 0.05) is 12.6 Å². The molecule has 0 aromatic carbocycles. The van der Waals surface area contributed by atoms with Crippen molar-refractivity contribution >= 4 is 28.2 Å². The molecule has 0 saturated carbocycles. The van der Waals surface area contributed by atoms with E-state index in [0.717, 1.165) is 6.42 Å². The van der Waals surface area contributed by atoms with Crippen molar-refractivity contribution in [2.24, 2.45) is 0 Å². The number of hydrogen-bond acceptors (Lipinski definition) is 6. The van der Waals surface area contributed by atoms with Gasteiger partial charge in [-0.15, -0.1) is 0 Å². The van der Waals surface area contributed by atoms with E-state index in [-0.39, 0.29) is 29.9 Å². The highest BCUT2D eigenvalue weighted by molar-refractivity contribution is 7.18. The van der Waals surface area contributed by atoms with Gasteiger partial charge in [-0.05, 0) is 27.2 Å². The molecule has 1 aliphatic rings. The first-order valence-electron chi connectivity index (χ1n) is 6.42. The molecule has 0 radical (unpaired) electrons. The van der Waals surface area contributed by atoms with E-state index in [1.165, 1.54) is 11.3 Å². The molecule has 1 saturated heterocycles. The number of amides is 1. The summed E-state index contributed by atoms with van der Waals surface area (Å²) in [6, 6.07) is 0.306. The van der Waals surface area contributed by atoms with Gasteiger partial charge in [0.25, 0.3) is 5.91 Å². The van der Waals surface area contributed by atoms with Gasteiger partial charge in [-0.1, -0.05) is 11.3 Å². The van der Waals surface area contributed by atoms with E-state index < -0.39 is 0 Å². The third-order valence-electron chi connectivity index (χ3n) is 2.96. The number of ether oxygens (including phenoxy) is 1. The largest absolute Gasteiger partial charge is 0.382 e. The molecule has 1 aromatic rings. The predicted molar refractivity (Wildman–Crippen MR) is 76.6 cm³/mol. The minimum atomic E-state index is -0.172. The number of thiazole rings is 1. The summed E-state index contributed by atoms with van der Waals surface area (Å²) in [5, 5.41) is 6.77. The maximum Gasteiger partial charge on any atom is 0.265 e. The average Bonchev–Trinajstić information content (AvgIpc) is 2.85. The Labute approximate surface area is 116 Å². The third kappa shape index (κ3) is 3.36. The van der Waals surface area contributed by atoms with Crippen LogP contribution in [0.1, 0.15) is 36.9 Å². The quantitative estimate of drug-likeness (QED) is 0.778. The second-order valence-corrected chi connectivity index (χ2v) is 5.98. The summed E-state index contributed by atoms with van der Waals surface area (Å²) in [7, 11) is 0. The van der Waals surface area contributed by atoms with E-state index in [2.05, 4.69) is 15.6 Å². The van der Waals surface area contributed by atoms with E-state index >= 15 is 0 Å². The van der Waals surface area contributed by atoms with Crippen LogP contribution >= 0.6 is 11.3 Å². The van der Waals surface area contributed by atoms with Crippen LogP contribution in [0.2, 0.25) is 0 Å². The van der Waals surface area contributed by atoms with Crippen LogP contribution in [0.5, 0.6) is 0 Å². The molecular weight excluding hydrogens is 264 g/mol. The zero-order valence-electron chi connectivity index (χ0n) is 11.4. The van der Waals surface area contributed by atoms with Gasteiger partial charge in [-0.3, -0.25) is 4.79 Å². The fourth-order valence-electron chi connectivity index (χ4n) is 1.96. The van der Waals surface area contributed by atoms with Crippen LogP contribution in [-0.2, 0) is 4.74 Å². The molecule has 0 aliphatic carbocycles. The van der Waals surface area contributed by atoms with Crippen molar-refractivity contribution in [2.45, 2.75) is 45.4 Å². The summed E-state index contributed by atoms with van der Waals surface area (Å²) >= 11 is 1.28. The molecular formula is C12H20N4O2S. The van der Waals surface area contributed by atoms with Crippen molar-refractivity contribution < 1.29 is 9.53 Å². The Morgan fingerprint density at radius 1 is 1.58 bits per heavy atom. The maximum atomic E-state index is 12.2. The lowest BCUT2D eigenvalue weighted by Gasteiger charge is -2.15. The Morgan fingerprint density at radius 3 is 2.89 bits per heavy atom. The van der Waals surface area contributed by atoms with Gasteiger partial charge in [0.1, 0.15) is 10.7 Å². The first-order chi connectivity index (χ1) is 8.97. The van der Waals surface area contributed by atoms with Crippen LogP contribution in [0, 0.1) is 0 Å². The number of nitrogens with zero attached hydrogens (tertiary/aromatic N) is 1. The molecule has 19 heavy (non-hydrogen) atoms. The topological polar surface area (TPSA) is 89.3 Å². The van der Waals surface area contributed by atoms with Crippen LogP contribution in [0.4, 0.5) is 10.9 Å². The molecule has 0 spiro atoms. The molecule has 2 atom stereocenters. The number of aromatic nitrogens is 1. The molecule has 2 unspecified atom stereocenters. The number of nitrogen functional groups attached to an aromatic ring is 1. The van der Waals surface area contributed by atoms with Gasteiger partial charge in [0.05, 0.1) is 12.1 Å². The van der Waals surface area contributed by atoms with Crippen LogP contribution in [-0.4, -0.2) is 35.7 Å². The maximum absolute atomic E-state index is 12.2. The summed E-state index contributed by atoms with van der Waals surface area (Å²) in [6.07, 6.45) is 0.884. The van der Waals surface area contributed by atoms with E-state index in [1.54, 1.807) is 0 Å². The normalized spacial score (nSPS) is 22.7. The molecule has 2 rings (SSSR count). The smallest absolute Gasteiger partial charge is 0.265 e. The lowest BCUT2D eigenvalue weighted by molar-refractivity contribution is 0.0870. The Morgan fingerprint density at radius 2 is 2.32 bits per heavy atom. The fraction of sp³-hybridized carbons (Fsp3) is 0.667. The zero-order valence-corrected chi connectivity index (χ0v) is 12.2. The van der Waals surface area contributed by atoms with Crippen LogP contribution < -0.4 is 16.4 Å². The van der Waals surface area contributed by atoms with Crippen molar-refractivity contribution in [1.82, 2.24) is 10.3 Å². The highest BCUT2D eigenvalue weighted by Gasteiger charge is 2.27. The van der Waals surface area contributed by atoms with Crippen molar-refractivity contribution in [3.8, 4) is 0 Å². The number of carbonyl (C=O) groups excluding carboxylic acids is 1. The summed E-state index contributed by atoms with van der Waals surface area (Å²) in [6.45, 7) is 6.66. The SMILES string of the molecule is CC(C)Nc1nc(N)c(C(=O)NC2CCOC2C)s1. The van der Waals surface area contributed by atoms with E-state index in [0.29, 0.717) is 16.6 Å². The number of carbonyl (C=O) groups is 1. The summed E-state index contributed by atoms with van der Waals surface area (Å²) < 4.78 is 5.42. The Hall–Kier alpha value is -1.34. The second-order valence-electron chi connectivity index (χ2n) is 4.98. The fourth-order valence-corrected chi connectivity index (χ4v) is 2.89. The molecule has 1 aromatic heterocycles. The number of rotatable bonds is 4. The van der Waals surface area contributed by atoms with Gasteiger partial charge in [-0.2, -0.15) is 0 Å². The standard InChI is InChI=1S/C12H20N4O2S/c1-6(2)14-12-16-10(13)9(19-12)11(17)15-8-4-5-18-7(8)3/h6-8H,4-5,13H2,1-3H3,(H,14,16)(H,15,17). The van der Waals surface area contributed by atoms with Gasteiger partial charge in [-0.25, -0.2) is 4.98 Å². The van der Waals surface area contributed by atoms with Gasteiger partial charge in [0.15, 0.2) is 5.13 Å². The number of nitrogens with two attached hydrogens (primary N) is 1. The highest BCUT2D eigenvalue weighted by Crippen LogP contribution is 2.26. The van der Waals surface area contributed by atoms with Gasteiger partial charge < -0.3 is 21.1 Å². The molecule has 1 amide bonds. The average molecular weight is 284 g/mol. The monoisotopic (exact) mass is 284 g/mol. The summed E-state index contributed by atoms with van der Waals surface area (Å²) in [4.78, 5) is 16.8. The van der Waals surface area contributed by atoms with E-state index in [9.17, 15) is 4.79 Å². The minimum absolute atomic E-state index is 0.0476. The van der Waals surface area contributed by atoms with Crippen LogP contribution in [0.3, 0.4) is 0 Å². The lowest BCUT2D eigenvalue weighted by Crippen LogP contribution is -2.39. The molecule has 0 bridgehead atoms. The highest BCUT2D eigenvalue weighted by atomic mass is 32.1. The first kappa shape index (κ1) is 14.1. The molecule has 6 nitrogen and oxygen atoms in total.